The minimum Gasteiger partial charge on any atom is -0.415 e. The number of nitrogens with zero attached hydrogens (tertiary/aromatic N) is 2. The lowest BCUT2D eigenvalue weighted by Gasteiger charge is -2.36. The highest BCUT2D eigenvalue weighted by molar-refractivity contribution is 7.88. The van der Waals surface area contributed by atoms with Gasteiger partial charge >= 0.3 is 0 Å². The van der Waals surface area contributed by atoms with Gasteiger partial charge in [-0.25, -0.2) is 8.42 Å². The number of rotatable bonds is 7. The minimum absolute atomic E-state index is 0.115. The standard InChI is InChI=1S/C15H28N2O3SSi/c1-15(2,3)22(5,6)20-12-11-17(21(4,18)19)13-14-9-7-8-10-16-14/h7-10H,11-13H2,1-6H3. The van der Waals surface area contributed by atoms with Gasteiger partial charge in [0, 0.05) is 19.3 Å². The van der Waals surface area contributed by atoms with Crippen molar-refractivity contribution in [2.45, 2.75) is 45.4 Å². The van der Waals surface area contributed by atoms with Gasteiger partial charge in [0.15, 0.2) is 8.32 Å². The van der Waals surface area contributed by atoms with Gasteiger partial charge in [0.25, 0.3) is 0 Å². The predicted molar refractivity (Wildman–Crippen MR) is 92.6 cm³/mol. The summed E-state index contributed by atoms with van der Waals surface area (Å²) >= 11 is 0. The lowest BCUT2D eigenvalue weighted by atomic mass is 10.2. The molecule has 0 unspecified atom stereocenters. The summed E-state index contributed by atoms with van der Waals surface area (Å²) in [5.74, 6) is 0. The maximum absolute atomic E-state index is 11.9. The van der Waals surface area contributed by atoms with Crippen LogP contribution in [-0.2, 0) is 21.0 Å². The first-order valence-corrected chi connectivity index (χ1v) is 12.2. The molecule has 0 N–H and O–H groups in total. The van der Waals surface area contributed by atoms with Gasteiger partial charge in [-0.05, 0) is 30.3 Å². The van der Waals surface area contributed by atoms with Crippen LogP contribution in [0.2, 0.25) is 18.1 Å². The Bertz CT molecular complexity index is 568. The maximum atomic E-state index is 11.9. The summed E-state index contributed by atoms with van der Waals surface area (Å²) in [6.45, 7) is 11.9. The highest BCUT2D eigenvalue weighted by atomic mass is 32.2. The maximum Gasteiger partial charge on any atom is 0.211 e. The summed E-state index contributed by atoms with van der Waals surface area (Å²) in [4.78, 5) is 4.19. The molecule has 7 heteroatoms. The molecule has 0 saturated carbocycles. The largest absolute Gasteiger partial charge is 0.415 e. The van der Waals surface area contributed by atoms with E-state index in [9.17, 15) is 8.42 Å². The van der Waals surface area contributed by atoms with E-state index in [1.165, 1.54) is 10.6 Å². The molecule has 0 amide bonds. The van der Waals surface area contributed by atoms with Crippen LogP contribution in [0, 0.1) is 0 Å². The fourth-order valence-corrected chi connectivity index (χ4v) is 3.46. The first-order chi connectivity index (χ1) is 9.93. The lowest BCUT2D eigenvalue weighted by molar-refractivity contribution is 0.249. The molecule has 0 radical (unpaired) electrons. The lowest BCUT2D eigenvalue weighted by Crippen LogP contribution is -2.43. The smallest absolute Gasteiger partial charge is 0.211 e. The Labute approximate surface area is 135 Å². The number of aromatic nitrogens is 1. The van der Waals surface area contributed by atoms with Crippen molar-refractivity contribution in [1.29, 1.82) is 0 Å². The number of hydrogen-bond donors (Lipinski definition) is 0. The number of pyridine rings is 1. The van der Waals surface area contributed by atoms with Crippen LogP contribution in [0.4, 0.5) is 0 Å². The van der Waals surface area contributed by atoms with Crippen molar-refractivity contribution < 1.29 is 12.8 Å². The molecular formula is C15H28N2O3SSi. The van der Waals surface area contributed by atoms with E-state index >= 15 is 0 Å². The molecule has 0 atom stereocenters. The topological polar surface area (TPSA) is 59.5 Å². The molecule has 1 aromatic heterocycles. The van der Waals surface area contributed by atoms with E-state index in [2.05, 4.69) is 38.8 Å². The molecule has 0 bridgehead atoms. The molecule has 0 aliphatic carbocycles. The van der Waals surface area contributed by atoms with Crippen LogP contribution in [0.3, 0.4) is 0 Å². The van der Waals surface area contributed by atoms with Crippen LogP contribution < -0.4 is 0 Å². The summed E-state index contributed by atoms with van der Waals surface area (Å²) < 4.78 is 31.4. The van der Waals surface area contributed by atoms with Crippen molar-refractivity contribution in [3.8, 4) is 0 Å². The first kappa shape index (κ1) is 19.3. The van der Waals surface area contributed by atoms with Crippen LogP contribution >= 0.6 is 0 Å². The molecule has 22 heavy (non-hydrogen) atoms. The fourth-order valence-electron chi connectivity index (χ4n) is 1.65. The molecule has 0 saturated heterocycles. The molecule has 0 fully saturated rings. The Morgan fingerprint density at radius 2 is 1.91 bits per heavy atom. The van der Waals surface area contributed by atoms with Gasteiger partial charge in [0.1, 0.15) is 0 Å². The quantitative estimate of drug-likeness (QED) is 0.714. The van der Waals surface area contributed by atoms with E-state index in [0.29, 0.717) is 13.2 Å². The molecule has 0 aromatic carbocycles. The summed E-state index contributed by atoms with van der Waals surface area (Å²) in [5, 5.41) is 0.115. The van der Waals surface area contributed by atoms with E-state index in [-0.39, 0.29) is 11.6 Å². The van der Waals surface area contributed by atoms with Crippen LogP contribution in [-0.4, -0.2) is 45.4 Å². The fraction of sp³-hybridized carbons (Fsp3) is 0.667. The third-order valence-corrected chi connectivity index (χ3v) is 9.93. The molecule has 0 aliphatic rings. The molecule has 1 heterocycles. The number of sulfonamides is 1. The summed E-state index contributed by atoms with van der Waals surface area (Å²) in [6.07, 6.45) is 2.89. The number of hydrogen-bond acceptors (Lipinski definition) is 4. The van der Waals surface area contributed by atoms with E-state index in [4.69, 9.17) is 4.43 Å². The highest BCUT2D eigenvalue weighted by Crippen LogP contribution is 2.36. The SMILES string of the molecule is CC(C)(C)[Si](C)(C)OCCN(Cc1ccccn1)S(C)(=O)=O. The van der Waals surface area contributed by atoms with Gasteiger partial charge in [-0.15, -0.1) is 0 Å². The average molecular weight is 345 g/mol. The van der Waals surface area contributed by atoms with Crippen molar-refractivity contribution in [3.05, 3.63) is 30.1 Å². The highest BCUT2D eigenvalue weighted by Gasteiger charge is 2.37. The van der Waals surface area contributed by atoms with E-state index < -0.39 is 18.3 Å². The summed E-state index contributed by atoms with van der Waals surface area (Å²) in [5.41, 5.74) is 0.736. The van der Waals surface area contributed by atoms with Crippen molar-refractivity contribution in [2.24, 2.45) is 0 Å². The molecule has 5 nitrogen and oxygen atoms in total. The normalized spacial score (nSPS) is 13.6. The second-order valence-corrected chi connectivity index (χ2v) is 13.8. The van der Waals surface area contributed by atoms with Crippen molar-refractivity contribution in [1.82, 2.24) is 9.29 Å². The Morgan fingerprint density at radius 1 is 1.27 bits per heavy atom. The minimum atomic E-state index is -3.29. The second kappa shape index (κ2) is 7.21. The Morgan fingerprint density at radius 3 is 2.36 bits per heavy atom. The van der Waals surface area contributed by atoms with Gasteiger partial charge in [0.05, 0.1) is 18.5 Å². The zero-order chi connectivity index (χ0) is 17.0. The second-order valence-electron chi connectivity index (χ2n) is 7.03. The van der Waals surface area contributed by atoms with Crippen molar-refractivity contribution in [3.63, 3.8) is 0 Å². The van der Waals surface area contributed by atoms with Gasteiger partial charge < -0.3 is 4.43 Å². The Kier molecular flexibility index (Phi) is 6.32. The van der Waals surface area contributed by atoms with E-state index in [1.807, 2.05) is 18.2 Å². The molecular weight excluding hydrogens is 316 g/mol. The molecule has 126 valence electrons. The van der Waals surface area contributed by atoms with Crippen LogP contribution in [0.1, 0.15) is 26.5 Å². The average Bonchev–Trinajstić information content (AvgIpc) is 2.36. The molecule has 0 spiro atoms. The predicted octanol–water partition coefficient (Wildman–Crippen LogP) is 2.87. The Balaban J connectivity index is 2.69. The molecule has 1 rings (SSSR count). The monoisotopic (exact) mass is 344 g/mol. The van der Waals surface area contributed by atoms with Gasteiger partial charge in [-0.2, -0.15) is 4.31 Å². The first-order valence-electron chi connectivity index (χ1n) is 7.42. The zero-order valence-corrected chi connectivity index (χ0v) is 16.3. The van der Waals surface area contributed by atoms with Gasteiger partial charge in [-0.3, -0.25) is 4.98 Å². The van der Waals surface area contributed by atoms with Gasteiger partial charge in [0.2, 0.25) is 10.0 Å². The van der Waals surface area contributed by atoms with Crippen molar-refractivity contribution >= 4 is 18.3 Å². The third kappa shape index (κ3) is 5.79. The third-order valence-electron chi connectivity index (χ3n) is 4.14. The van der Waals surface area contributed by atoms with E-state index in [0.717, 1.165) is 5.69 Å². The van der Waals surface area contributed by atoms with Gasteiger partial charge in [-0.1, -0.05) is 26.8 Å². The van der Waals surface area contributed by atoms with E-state index in [1.54, 1.807) is 6.20 Å². The van der Waals surface area contributed by atoms with Crippen LogP contribution in [0.15, 0.2) is 24.4 Å². The Hall–Kier alpha value is -0.763. The summed E-state index contributed by atoms with van der Waals surface area (Å²) in [6, 6.07) is 5.50. The van der Waals surface area contributed by atoms with Crippen molar-refractivity contribution in [2.75, 3.05) is 19.4 Å². The van der Waals surface area contributed by atoms with Crippen LogP contribution in [0.5, 0.6) is 0 Å². The summed E-state index contributed by atoms with van der Waals surface area (Å²) in [7, 11) is -5.15. The van der Waals surface area contributed by atoms with Crippen LogP contribution in [0.25, 0.3) is 0 Å². The zero-order valence-electron chi connectivity index (χ0n) is 14.5. The molecule has 0 aliphatic heterocycles. The molecule has 1 aromatic rings.